The van der Waals surface area contributed by atoms with Crippen LogP contribution in [0.25, 0.3) is 0 Å². The van der Waals surface area contributed by atoms with Crippen molar-refractivity contribution in [3.8, 4) is 0 Å². The van der Waals surface area contributed by atoms with Gasteiger partial charge in [-0.25, -0.2) is 24.6 Å². The van der Waals surface area contributed by atoms with E-state index in [1.54, 1.807) is 78.9 Å². The second kappa shape index (κ2) is 28.6. The maximum absolute atomic E-state index is 14.2. The van der Waals surface area contributed by atoms with Crippen LogP contribution in [0.3, 0.4) is 0 Å². The van der Waals surface area contributed by atoms with E-state index >= 15 is 0 Å². The van der Waals surface area contributed by atoms with Crippen molar-refractivity contribution in [2.24, 2.45) is 0 Å². The van der Waals surface area contributed by atoms with Crippen LogP contribution in [0.15, 0.2) is 150 Å². The van der Waals surface area contributed by atoms with Crippen molar-refractivity contribution in [2.45, 2.75) is 147 Å². The number of hydrogen-bond donors (Lipinski definition) is 3. The number of nitrogens with zero attached hydrogens (tertiary/aromatic N) is 5. The van der Waals surface area contributed by atoms with E-state index < -0.39 is 105 Å². The van der Waals surface area contributed by atoms with Gasteiger partial charge in [-0.05, 0) is 118 Å². The standard InChI is InChI=1S/C35H34F6N4O5.C27H28F6N4O3.2CH4/c1-23(46)18-32(45-22-42-43-30(45)47)13-14-33(27-11-7-4-8-12-27,44(20-32)31(48)49-19-25-9-5-3-6-10-25)21-50-24(2)26-15-28(34(36,37)38)17-29(16-26)35(39,40)41;1-17(38)13-24(37-16-35-36-23(37)39)8-9-25(34-14-24,20-6-4-3-5-7-20)15-40-18(2)19-10-21(26(28,29)30)12-22(11-19)27(31,32)33;;/h3-12,15-17,22,24H,13-14,18-21H2,1-2H3,(H,43,47);3-7,10-12,16,18,34H,8-9,13-15H2,1-2H3,(H,36,39);2*1H4/t24-,32-,33-;18-,24-,25-;;/m11../s1. The van der Waals surface area contributed by atoms with E-state index in [1.165, 1.54) is 54.4 Å². The van der Waals surface area contributed by atoms with Crippen LogP contribution in [0.4, 0.5) is 57.5 Å². The molecule has 0 radical (unpaired) electrons. The number of likely N-dealkylation sites (tertiary alicyclic amines) is 1. The van der Waals surface area contributed by atoms with Crippen molar-refractivity contribution in [2.75, 3.05) is 26.3 Å². The third-order valence-electron chi connectivity index (χ3n) is 16.4. The van der Waals surface area contributed by atoms with Crippen molar-refractivity contribution in [3.63, 3.8) is 0 Å². The predicted molar refractivity (Wildman–Crippen MR) is 313 cm³/mol. The summed E-state index contributed by atoms with van der Waals surface area (Å²) in [5.74, 6) is -0.421. The first kappa shape index (κ1) is 72.7. The Morgan fingerprint density at radius 1 is 0.543 bits per heavy atom. The maximum atomic E-state index is 14.2. The molecule has 4 heterocycles. The molecule has 2 saturated heterocycles. The molecule has 6 atom stereocenters. The maximum Gasteiger partial charge on any atom is 0.416 e. The number of amides is 1. The number of hydrogen-bond acceptors (Lipinski definition) is 11. The number of piperidine rings is 2. The number of nitrogens with one attached hydrogen (secondary N) is 3. The predicted octanol–water partition coefficient (Wildman–Crippen LogP) is 14.0. The summed E-state index contributed by atoms with van der Waals surface area (Å²) in [6, 6.07) is 29.0. The molecule has 5 aromatic carbocycles. The molecule has 498 valence electrons. The van der Waals surface area contributed by atoms with E-state index in [0.29, 0.717) is 48.2 Å². The molecule has 2 aliphatic rings. The van der Waals surface area contributed by atoms with Gasteiger partial charge in [-0.3, -0.25) is 23.6 Å². The van der Waals surface area contributed by atoms with Crippen LogP contribution >= 0.6 is 0 Å². The van der Waals surface area contributed by atoms with Crippen LogP contribution in [0.5, 0.6) is 0 Å². The van der Waals surface area contributed by atoms with Gasteiger partial charge in [0, 0.05) is 25.9 Å². The second-order valence-electron chi connectivity index (χ2n) is 22.7. The third kappa shape index (κ3) is 16.6. The van der Waals surface area contributed by atoms with E-state index in [-0.39, 0.29) is 102 Å². The average molecular weight is 1310 g/mol. The van der Waals surface area contributed by atoms with Gasteiger partial charge in [0.2, 0.25) is 0 Å². The molecule has 7 aromatic rings. The van der Waals surface area contributed by atoms with E-state index in [4.69, 9.17) is 14.2 Å². The lowest BCUT2D eigenvalue weighted by molar-refractivity contribution is -0.145. The Morgan fingerprint density at radius 3 is 1.35 bits per heavy atom. The molecule has 0 aliphatic carbocycles. The summed E-state index contributed by atoms with van der Waals surface area (Å²) in [7, 11) is 0. The Hall–Kier alpha value is -8.37. The quantitative estimate of drug-likeness (QED) is 0.0692. The Kier molecular flexibility index (Phi) is 22.6. The molecule has 1 amide bonds. The molecule has 92 heavy (non-hydrogen) atoms. The fourth-order valence-electron chi connectivity index (χ4n) is 11.7. The largest absolute Gasteiger partial charge is 0.445 e. The number of ether oxygens (including phenoxy) is 3. The second-order valence-corrected chi connectivity index (χ2v) is 22.7. The first-order valence-corrected chi connectivity index (χ1v) is 28.1. The lowest BCUT2D eigenvalue weighted by Gasteiger charge is -2.53. The summed E-state index contributed by atoms with van der Waals surface area (Å²) in [4.78, 5) is 65.7. The molecule has 28 heteroatoms. The van der Waals surface area contributed by atoms with Gasteiger partial charge in [-0.1, -0.05) is 106 Å². The molecule has 2 fully saturated rings. The number of H-pyrrole nitrogens is 2. The fraction of sp³-hybridized carbons (Fsp3) is 0.422. The van der Waals surface area contributed by atoms with Crippen LogP contribution in [-0.2, 0) is 77.3 Å². The monoisotopic (exact) mass is 1310 g/mol. The smallest absolute Gasteiger partial charge is 0.416 e. The molecule has 0 unspecified atom stereocenters. The van der Waals surface area contributed by atoms with Gasteiger partial charge in [-0.15, -0.1) is 0 Å². The first-order valence-electron chi connectivity index (χ1n) is 28.1. The molecular formula is C64H70F12N8O8. The average Bonchev–Trinajstić information content (AvgIpc) is 0.996. The van der Waals surface area contributed by atoms with E-state index in [9.17, 15) is 76.7 Å². The van der Waals surface area contributed by atoms with Gasteiger partial charge in [0.1, 0.15) is 30.8 Å². The number of Topliss-reactive ketones (excluding diaryl/α,β-unsaturated/α-hetero) is 2. The number of aromatic amines is 2. The summed E-state index contributed by atoms with van der Waals surface area (Å²) in [6.07, 6.45) is -20.0. The zero-order valence-corrected chi connectivity index (χ0v) is 48.7. The summed E-state index contributed by atoms with van der Waals surface area (Å²) < 4.78 is 183. The van der Waals surface area contributed by atoms with Gasteiger partial charge < -0.3 is 19.5 Å². The lowest BCUT2D eigenvalue weighted by Crippen LogP contribution is -2.64. The Bertz CT molecular complexity index is 3670. The van der Waals surface area contributed by atoms with Crippen LogP contribution in [-0.4, -0.2) is 78.4 Å². The minimum absolute atomic E-state index is 0. The molecular weight excluding hydrogens is 1240 g/mol. The zero-order valence-electron chi connectivity index (χ0n) is 48.7. The highest BCUT2D eigenvalue weighted by molar-refractivity contribution is 5.77. The molecule has 2 aromatic heterocycles. The minimum Gasteiger partial charge on any atom is -0.445 e. The Labute approximate surface area is 521 Å². The normalized spacial score (nSPS) is 20.9. The van der Waals surface area contributed by atoms with E-state index in [0.717, 1.165) is 5.56 Å². The van der Waals surface area contributed by atoms with Crippen LogP contribution in [0, 0.1) is 0 Å². The van der Waals surface area contributed by atoms with E-state index in [1.807, 2.05) is 12.1 Å². The van der Waals surface area contributed by atoms with Gasteiger partial charge in [0.15, 0.2) is 0 Å². The zero-order chi connectivity index (χ0) is 65.7. The number of rotatable bonds is 18. The Balaban J connectivity index is 0.000000293. The minimum atomic E-state index is -5.06. The lowest BCUT2D eigenvalue weighted by atomic mass is 9.73. The summed E-state index contributed by atoms with van der Waals surface area (Å²) >= 11 is 0. The molecule has 16 nitrogen and oxygen atoms in total. The molecule has 3 N–H and O–H groups in total. The number of carbonyl (C=O) groups excluding carboxylic acids is 3. The van der Waals surface area contributed by atoms with Gasteiger partial charge in [-0.2, -0.15) is 62.9 Å². The highest BCUT2D eigenvalue weighted by atomic mass is 19.4. The van der Waals surface area contributed by atoms with Crippen molar-refractivity contribution in [1.29, 1.82) is 0 Å². The van der Waals surface area contributed by atoms with E-state index in [2.05, 4.69) is 25.7 Å². The molecule has 9 rings (SSSR count). The molecule has 0 saturated carbocycles. The number of ketones is 2. The molecule has 0 bridgehead atoms. The highest BCUT2D eigenvalue weighted by Gasteiger charge is 2.54. The first-order chi connectivity index (χ1) is 42.2. The third-order valence-corrected chi connectivity index (χ3v) is 16.4. The summed E-state index contributed by atoms with van der Waals surface area (Å²) in [5, 5.41) is 15.7. The van der Waals surface area contributed by atoms with Crippen molar-refractivity contribution < 1.29 is 81.3 Å². The number of carbonyl (C=O) groups is 3. The van der Waals surface area contributed by atoms with Crippen LogP contribution < -0.4 is 16.7 Å². The number of benzene rings is 5. The van der Waals surface area contributed by atoms with Crippen LogP contribution in [0.2, 0.25) is 0 Å². The number of aromatic nitrogens is 6. The van der Waals surface area contributed by atoms with Crippen molar-refractivity contribution in [3.05, 3.63) is 211 Å². The number of alkyl halides is 12. The molecule has 2 aliphatic heterocycles. The van der Waals surface area contributed by atoms with Crippen molar-refractivity contribution in [1.82, 2.24) is 39.7 Å². The van der Waals surface area contributed by atoms with Gasteiger partial charge in [0.25, 0.3) is 0 Å². The topological polar surface area (TPSA) is 196 Å². The van der Waals surface area contributed by atoms with Crippen molar-refractivity contribution >= 4 is 17.7 Å². The molecule has 0 spiro atoms. The summed E-state index contributed by atoms with van der Waals surface area (Å²) in [5.41, 5.74) is -10.1. The number of halogens is 12. The van der Waals surface area contributed by atoms with Crippen LogP contribution in [0.1, 0.15) is 143 Å². The van der Waals surface area contributed by atoms with Gasteiger partial charge in [0.05, 0.1) is 69.8 Å². The fourth-order valence-corrected chi connectivity index (χ4v) is 11.7. The highest BCUT2D eigenvalue weighted by Crippen LogP contribution is 2.48. The SMILES string of the molecule is C.C.CC(=O)C[C@]1(n2cn[nH]c2=O)CC[C@@](CO[C@H](C)c2cc(C(F)(F)F)cc(C(F)(F)F)c2)(c2ccccc2)N(C(=O)OCc2ccccc2)C1.CC(=O)C[C@]1(n2cn[nH]c2=O)CC[C@@](CO[C@H](C)c2cc(C(F)(F)F)cc(C(F)(F)F)c2)(c2ccccc2)NC1. The Morgan fingerprint density at radius 2 is 0.946 bits per heavy atom. The van der Waals surface area contributed by atoms with Gasteiger partial charge >= 0.3 is 42.2 Å². The summed E-state index contributed by atoms with van der Waals surface area (Å²) in [6.45, 7) is 4.73.